The summed E-state index contributed by atoms with van der Waals surface area (Å²) >= 11 is 0. The van der Waals surface area contributed by atoms with Crippen LogP contribution in [-0.4, -0.2) is 50.6 Å². The third kappa shape index (κ3) is 4.18. The molecule has 96 valence electrons. The Hall–Kier alpha value is 0.130. The maximum Gasteiger partial charge on any atom is 0.0716 e. The molecule has 2 heterocycles. The highest BCUT2D eigenvalue weighted by molar-refractivity contribution is 5.85. The van der Waals surface area contributed by atoms with Gasteiger partial charge in [0, 0.05) is 38.8 Å². The molecule has 3 N–H and O–H groups in total. The third-order valence-corrected chi connectivity index (χ3v) is 3.46. The summed E-state index contributed by atoms with van der Waals surface area (Å²) in [5.74, 6) is 1.15. The highest BCUT2D eigenvalue weighted by Gasteiger charge is 2.24. The first-order valence-corrected chi connectivity index (χ1v) is 6.03. The minimum atomic E-state index is -0.160. The van der Waals surface area contributed by atoms with Crippen LogP contribution in [0.4, 0.5) is 0 Å². The van der Waals surface area contributed by atoms with Crippen LogP contribution in [0.5, 0.6) is 0 Å². The number of hydrogen-bond acceptors (Lipinski definition) is 4. The Morgan fingerprint density at radius 3 is 2.88 bits per heavy atom. The van der Waals surface area contributed by atoms with Crippen molar-refractivity contribution in [1.29, 1.82) is 0 Å². The summed E-state index contributed by atoms with van der Waals surface area (Å²) in [4.78, 5) is 0. The van der Waals surface area contributed by atoms with E-state index in [1.807, 2.05) is 0 Å². The van der Waals surface area contributed by atoms with Gasteiger partial charge in [-0.05, 0) is 25.3 Å². The molecule has 16 heavy (non-hydrogen) atoms. The summed E-state index contributed by atoms with van der Waals surface area (Å²) in [6, 6.07) is 0. The second-order valence-electron chi connectivity index (χ2n) is 4.71. The zero-order valence-corrected chi connectivity index (χ0v) is 10.5. The Labute approximate surface area is 104 Å². The van der Waals surface area contributed by atoms with E-state index in [1.165, 1.54) is 12.8 Å². The smallest absolute Gasteiger partial charge is 0.0716 e. The Balaban J connectivity index is 0.00000128. The molecule has 3 unspecified atom stereocenters. The molecule has 2 fully saturated rings. The van der Waals surface area contributed by atoms with Gasteiger partial charge in [0.05, 0.1) is 6.10 Å². The van der Waals surface area contributed by atoms with E-state index >= 15 is 0 Å². The van der Waals surface area contributed by atoms with Gasteiger partial charge < -0.3 is 20.5 Å². The molecule has 4 nitrogen and oxygen atoms in total. The first-order chi connectivity index (χ1) is 7.36. The summed E-state index contributed by atoms with van der Waals surface area (Å²) in [6.07, 6.45) is 2.26. The zero-order valence-electron chi connectivity index (χ0n) is 9.65. The number of halogens is 1. The zero-order chi connectivity index (χ0) is 10.5. The predicted octanol–water partition coefficient (Wildman–Crippen LogP) is 0.00470. The van der Waals surface area contributed by atoms with Gasteiger partial charge in [0.15, 0.2) is 0 Å². The lowest BCUT2D eigenvalue weighted by atomic mass is 10.0. The van der Waals surface area contributed by atoms with Crippen LogP contribution in [0.15, 0.2) is 0 Å². The summed E-state index contributed by atoms with van der Waals surface area (Å²) in [5.41, 5.74) is 0. The van der Waals surface area contributed by atoms with E-state index in [1.54, 1.807) is 0 Å². The Morgan fingerprint density at radius 2 is 2.25 bits per heavy atom. The molecule has 3 atom stereocenters. The molecule has 2 saturated heterocycles. The lowest BCUT2D eigenvalue weighted by molar-refractivity contribution is 0.146. The number of ether oxygens (including phenoxy) is 1. The number of rotatable bonds is 5. The van der Waals surface area contributed by atoms with Crippen molar-refractivity contribution >= 4 is 12.4 Å². The van der Waals surface area contributed by atoms with Crippen LogP contribution in [0.25, 0.3) is 0 Å². The van der Waals surface area contributed by atoms with E-state index in [2.05, 4.69) is 10.6 Å². The van der Waals surface area contributed by atoms with Gasteiger partial charge in [-0.15, -0.1) is 12.4 Å². The molecule has 2 aliphatic heterocycles. The monoisotopic (exact) mass is 250 g/mol. The highest BCUT2D eigenvalue weighted by atomic mass is 35.5. The lowest BCUT2D eigenvalue weighted by Gasteiger charge is -2.15. The summed E-state index contributed by atoms with van der Waals surface area (Å²) < 4.78 is 5.33. The van der Waals surface area contributed by atoms with Crippen molar-refractivity contribution in [3.05, 3.63) is 0 Å². The van der Waals surface area contributed by atoms with Gasteiger partial charge in [0.25, 0.3) is 0 Å². The molecule has 2 aliphatic rings. The standard InChI is InChI=1S/C11H22N2O2.ClH/c14-11-7-13-6-10(11)5-12-3-1-9-2-4-15-8-9;/h9-14H,1-8H2;1H. The SMILES string of the molecule is Cl.OC1CNCC1CNCCC1CCOC1. The molecule has 0 aromatic heterocycles. The Morgan fingerprint density at radius 1 is 1.38 bits per heavy atom. The van der Waals surface area contributed by atoms with Crippen LogP contribution in [0.3, 0.4) is 0 Å². The predicted molar refractivity (Wildman–Crippen MR) is 66.0 cm³/mol. The van der Waals surface area contributed by atoms with Gasteiger partial charge in [0.1, 0.15) is 0 Å². The van der Waals surface area contributed by atoms with E-state index in [4.69, 9.17) is 4.74 Å². The molecule has 5 heteroatoms. The largest absolute Gasteiger partial charge is 0.391 e. The van der Waals surface area contributed by atoms with Crippen LogP contribution in [0.1, 0.15) is 12.8 Å². The molecular formula is C11H23ClN2O2. The van der Waals surface area contributed by atoms with Crippen molar-refractivity contribution in [3.8, 4) is 0 Å². The average molecular weight is 251 g/mol. The molecule has 2 rings (SSSR count). The normalized spacial score (nSPS) is 33.9. The van der Waals surface area contributed by atoms with Crippen LogP contribution in [0.2, 0.25) is 0 Å². The van der Waals surface area contributed by atoms with Gasteiger partial charge in [-0.25, -0.2) is 0 Å². The topological polar surface area (TPSA) is 53.5 Å². The van der Waals surface area contributed by atoms with E-state index < -0.39 is 0 Å². The molecule has 0 aromatic carbocycles. The van der Waals surface area contributed by atoms with E-state index in [9.17, 15) is 5.11 Å². The molecule has 0 aliphatic carbocycles. The molecule has 0 radical (unpaired) electrons. The maximum absolute atomic E-state index is 9.58. The van der Waals surface area contributed by atoms with Gasteiger partial charge in [-0.3, -0.25) is 0 Å². The van der Waals surface area contributed by atoms with E-state index in [-0.39, 0.29) is 18.5 Å². The molecule has 0 amide bonds. The Bertz CT molecular complexity index is 189. The first-order valence-electron chi connectivity index (χ1n) is 6.03. The van der Waals surface area contributed by atoms with Gasteiger partial charge in [0.2, 0.25) is 0 Å². The minimum Gasteiger partial charge on any atom is -0.391 e. The van der Waals surface area contributed by atoms with Gasteiger partial charge in [-0.2, -0.15) is 0 Å². The summed E-state index contributed by atoms with van der Waals surface area (Å²) in [5, 5.41) is 16.2. The van der Waals surface area contributed by atoms with Crippen molar-refractivity contribution < 1.29 is 9.84 Å². The third-order valence-electron chi connectivity index (χ3n) is 3.46. The van der Waals surface area contributed by atoms with Crippen LogP contribution in [-0.2, 0) is 4.74 Å². The Kier molecular flexibility index (Phi) is 6.61. The number of β-amino-alcohol motifs (C(OH)–C–C–N with tert-alkyl or cyclic N) is 1. The molecule has 0 spiro atoms. The average Bonchev–Trinajstić information content (AvgIpc) is 2.85. The molecule has 0 aromatic rings. The molecule has 0 bridgehead atoms. The fourth-order valence-electron chi connectivity index (χ4n) is 2.33. The van der Waals surface area contributed by atoms with E-state index in [0.717, 1.165) is 45.3 Å². The van der Waals surface area contributed by atoms with E-state index in [0.29, 0.717) is 5.92 Å². The fourth-order valence-corrected chi connectivity index (χ4v) is 2.33. The quantitative estimate of drug-likeness (QED) is 0.602. The van der Waals surface area contributed by atoms with Crippen molar-refractivity contribution in [3.63, 3.8) is 0 Å². The van der Waals surface area contributed by atoms with Gasteiger partial charge >= 0.3 is 0 Å². The lowest BCUT2D eigenvalue weighted by Crippen LogP contribution is -2.31. The van der Waals surface area contributed by atoms with Crippen LogP contribution in [0, 0.1) is 11.8 Å². The fraction of sp³-hybridized carbons (Fsp3) is 1.00. The van der Waals surface area contributed by atoms with Crippen molar-refractivity contribution in [1.82, 2.24) is 10.6 Å². The summed E-state index contributed by atoms with van der Waals surface area (Å²) in [7, 11) is 0. The molecular weight excluding hydrogens is 228 g/mol. The van der Waals surface area contributed by atoms with Crippen molar-refractivity contribution in [2.24, 2.45) is 11.8 Å². The number of nitrogens with one attached hydrogen (secondary N) is 2. The maximum atomic E-state index is 9.58. The van der Waals surface area contributed by atoms with Crippen LogP contribution < -0.4 is 10.6 Å². The van der Waals surface area contributed by atoms with Crippen LogP contribution >= 0.6 is 12.4 Å². The highest BCUT2D eigenvalue weighted by Crippen LogP contribution is 2.15. The number of aliphatic hydroxyl groups is 1. The number of aliphatic hydroxyl groups excluding tert-OH is 1. The summed E-state index contributed by atoms with van der Waals surface area (Å²) in [6.45, 7) is 5.56. The molecule has 0 saturated carbocycles. The number of hydrogen-bond donors (Lipinski definition) is 3. The first kappa shape index (κ1) is 14.2. The van der Waals surface area contributed by atoms with Crippen molar-refractivity contribution in [2.75, 3.05) is 39.4 Å². The van der Waals surface area contributed by atoms with Crippen molar-refractivity contribution in [2.45, 2.75) is 18.9 Å². The second-order valence-corrected chi connectivity index (χ2v) is 4.71. The minimum absolute atomic E-state index is 0. The second kappa shape index (κ2) is 7.45. The van der Waals surface area contributed by atoms with Gasteiger partial charge in [-0.1, -0.05) is 0 Å².